The average Bonchev–Trinajstić information content (AvgIpc) is 3.12. The minimum Gasteiger partial charge on any atom is -0.397 e. The molecule has 6 nitrogen and oxygen atoms in total. The van der Waals surface area contributed by atoms with E-state index in [4.69, 9.17) is 5.73 Å². The number of hydrogen-bond donors (Lipinski definition) is 2. The fourth-order valence-electron chi connectivity index (χ4n) is 2.66. The van der Waals surface area contributed by atoms with Gasteiger partial charge in [0.15, 0.2) is 0 Å². The van der Waals surface area contributed by atoms with Gasteiger partial charge < -0.3 is 11.1 Å². The molecule has 0 aromatic heterocycles. The lowest BCUT2D eigenvalue weighted by molar-refractivity contribution is 0.102. The minimum atomic E-state index is -3.47. The number of benzene rings is 2. The van der Waals surface area contributed by atoms with Crippen molar-refractivity contribution in [3.05, 3.63) is 54.1 Å². The van der Waals surface area contributed by atoms with E-state index in [0.717, 1.165) is 12.8 Å². The third kappa shape index (κ3) is 3.27. The van der Waals surface area contributed by atoms with E-state index in [1.165, 1.54) is 28.6 Å². The smallest absolute Gasteiger partial charge is 0.255 e. The van der Waals surface area contributed by atoms with Gasteiger partial charge in [0.25, 0.3) is 5.91 Å². The van der Waals surface area contributed by atoms with Crippen molar-refractivity contribution in [2.24, 2.45) is 0 Å². The molecule has 1 saturated heterocycles. The van der Waals surface area contributed by atoms with Gasteiger partial charge in [-0.1, -0.05) is 12.1 Å². The topological polar surface area (TPSA) is 92.5 Å². The van der Waals surface area contributed by atoms with Gasteiger partial charge in [0, 0.05) is 18.7 Å². The van der Waals surface area contributed by atoms with Crippen molar-refractivity contribution >= 4 is 27.3 Å². The van der Waals surface area contributed by atoms with Crippen molar-refractivity contribution in [1.82, 2.24) is 4.31 Å². The molecule has 0 radical (unpaired) electrons. The zero-order valence-electron chi connectivity index (χ0n) is 13.1. The summed E-state index contributed by atoms with van der Waals surface area (Å²) in [5.74, 6) is -0.335. The lowest BCUT2D eigenvalue weighted by atomic mass is 10.2. The van der Waals surface area contributed by atoms with Crippen LogP contribution in [-0.2, 0) is 10.0 Å². The summed E-state index contributed by atoms with van der Waals surface area (Å²) in [6.45, 7) is 1.11. The van der Waals surface area contributed by atoms with Crippen LogP contribution in [0.25, 0.3) is 0 Å². The molecule has 1 heterocycles. The number of para-hydroxylation sites is 2. The second-order valence-electron chi connectivity index (χ2n) is 5.68. The van der Waals surface area contributed by atoms with Crippen LogP contribution in [0.2, 0.25) is 0 Å². The predicted molar refractivity (Wildman–Crippen MR) is 93.2 cm³/mol. The van der Waals surface area contributed by atoms with Crippen LogP contribution >= 0.6 is 0 Å². The Morgan fingerprint density at radius 1 is 1.00 bits per heavy atom. The molecule has 1 amide bonds. The molecular formula is C17H19N3O3S. The number of nitrogen functional groups attached to an aromatic ring is 1. The first-order valence-electron chi connectivity index (χ1n) is 7.74. The summed E-state index contributed by atoms with van der Waals surface area (Å²) in [5, 5.41) is 2.72. The number of hydrogen-bond acceptors (Lipinski definition) is 4. The third-order valence-corrected chi connectivity index (χ3v) is 5.94. The Hall–Kier alpha value is -2.38. The minimum absolute atomic E-state index is 0.208. The highest BCUT2D eigenvalue weighted by molar-refractivity contribution is 7.89. The van der Waals surface area contributed by atoms with E-state index >= 15 is 0 Å². The Bertz CT molecular complexity index is 842. The maximum absolute atomic E-state index is 12.5. The quantitative estimate of drug-likeness (QED) is 0.832. The van der Waals surface area contributed by atoms with E-state index < -0.39 is 10.0 Å². The third-order valence-electron chi connectivity index (χ3n) is 4.03. The molecular weight excluding hydrogens is 326 g/mol. The van der Waals surface area contributed by atoms with Crippen LogP contribution < -0.4 is 11.1 Å². The molecule has 0 spiro atoms. The zero-order valence-corrected chi connectivity index (χ0v) is 13.9. The van der Waals surface area contributed by atoms with Crippen LogP contribution in [0.15, 0.2) is 53.4 Å². The van der Waals surface area contributed by atoms with Gasteiger partial charge in [-0.25, -0.2) is 8.42 Å². The van der Waals surface area contributed by atoms with Crippen LogP contribution in [-0.4, -0.2) is 31.7 Å². The Morgan fingerprint density at radius 3 is 2.25 bits per heavy atom. The lowest BCUT2D eigenvalue weighted by Crippen LogP contribution is -2.27. The number of amides is 1. The van der Waals surface area contributed by atoms with Crippen LogP contribution in [0.1, 0.15) is 23.2 Å². The standard InChI is InChI=1S/C17H19N3O3S/c18-15-5-1-2-6-16(15)19-17(21)13-7-9-14(10-8-13)24(22,23)20-11-3-4-12-20/h1-2,5-10H,3-4,11-12,18H2,(H,19,21). The molecule has 0 saturated carbocycles. The highest BCUT2D eigenvalue weighted by Crippen LogP contribution is 2.22. The van der Waals surface area contributed by atoms with E-state index in [1.54, 1.807) is 24.3 Å². The van der Waals surface area contributed by atoms with Crippen molar-refractivity contribution in [2.75, 3.05) is 24.1 Å². The molecule has 1 fully saturated rings. The lowest BCUT2D eigenvalue weighted by Gasteiger charge is -2.15. The summed E-state index contributed by atoms with van der Waals surface area (Å²) in [7, 11) is -3.47. The van der Waals surface area contributed by atoms with Crippen molar-refractivity contribution in [1.29, 1.82) is 0 Å². The van der Waals surface area contributed by atoms with Gasteiger partial charge in [-0.2, -0.15) is 4.31 Å². The molecule has 1 aliphatic heterocycles. The van der Waals surface area contributed by atoms with Crippen LogP contribution in [0.4, 0.5) is 11.4 Å². The number of sulfonamides is 1. The molecule has 3 N–H and O–H groups in total. The molecule has 2 aromatic rings. The van der Waals surface area contributed by atoms with Gasteiger partial charge in [0.05, 0.1) is 16.3 Å². The second-order valence-corrected chi connectivity index (χ2v) is 7.61. The first-order chi connectivity index (χ1) is 11.5. The van der Waals surface area contributed by atoms with Gasteiger partial charge >= 0.3 is 0 Å². The highest BCUT2D eigenvalue weighted by Gasteiger charge is 2.27. The van der Waals surface area contributed by atoms with Gasteiger partial charge in [-0.05, 0) is 49.2 Å². The van der Waals surface area contributed by atoms with Crippen LogP contribution in [0, 0.1) is 0 Å². The number of nitrogens with one attached hydrogen (secondary N) is 1. The van der Waals surface area contributed by atoms with E-state index in [0.29, 0.717) is 30.0 Å². The molecule has 126 valence electrons. The number of rotatable bonds is 4. The molecule has 1 aliphatic rings. The number of nitrogens with two attached hydrogens (primary N) is 1. The number of anilines is 2. The van der Waals surface area contributed by atoms with Crippen molar-refractivity contribution < 1.29 is 13.2 Å². The largest absolute Gasteiger partial charge is 0.397 e. The molecule has 3 rings (SSSR count). The second kappa shape index (κ2) is 6.62. The molecule has 2 aromatic carbocycles. The predicted octanol–water partition coefficient (Wildman–Crippen LogP) is 2.31. The molecule has 0 atom stereocenters. The van der Waals surface area contributed by atoms with E-state index in [1.807, 2.05) is 0 Å². The fourth-order valence-corrected chi connectivity index (χ4v) is 4.18. The van der Waals surface area contributed by atoms with Gasteiger partial charge in [0.2, 0.25) is 10.0 Å². The number of carbonyl (C=O) groups excluding carboxylic acids is 1. The Morgan fingerprint density at radius 2 is 1.62 bits per heavy atom. The van der Waals surface area contributed by atoms with Crippen molar-refractivity contribution in [3.63, 3.8) is 0 Å². The van der Waals surface area contributed by atoms with E-state index in [2.05, 4.69) is 5.32 Å². The highest BCUT2D eigenvalue weighted by atomic mass is 32.2. The van der Waals surface area contributed by atoms with Gasteiger partial charge in [0.1, 0.15) is 0 Å². The van der Waals surface area contributed by atoms with Crippen LogP contribution in [0.3, 0.4) is 0 Å². The monoisotopic (exact) mass is 345 g/mol. The maximum Gasteiger partial charge on any atom is 0.255 e. The Balaban J connectivity index is 1.77. The summed E-state index contributed by atoms with van der Waals surface area (Å²) >= 11 is 0. The summed E-state index contributed by atoms with van der Waals surface area (Å²) < 4.78 is 26.4. The number of carbonyl (C=O) groups is 1. The van der Waals surface area contributed by atoms with Gasteiger partial charge in [-0.15, -0.1) is 0 Å². The first kappa shape index (κ1) is 16.5. The summed E-state index contributed by atoms with van der Waals surface area (Å²) in [6.07, 6.45) is 1.77. The molecule has 7 heteroatoms. The number of nitrogens with zero attached hydrogens (tertiary/aromatic N) is 1. The Kier molecular flexibility index (Phi) is 4.55. The van der Waals surface area contributed by atoms with E-state index in [9.17, 15) is 13.2 Å². The van der Waals surface area contributed by atoms with Crippen molar-refractivity contribution in [3.8, 4) is 0 Å². The fraction of sp³-hybridized carbons (Fsp3) is 0.235. The normalized spacial score (nSPS) is 15.3. The molecule has 0 bridgehead atoms. The first-order valence-corrected chi connectivity index (χ1v) is 9.18. The Labute approximate surface area is 141 Å². The SMILES string of the molecule is Nc1ccccc1NC(=O)c1ccc(S(=O)(=O)N2CCCC2)cc1. The average molecular weight is 345 g/mol. The molecule has 24 heavy (non-hydrogen) atoms. The zero-order chi connectivity index (χ0) is 17.2. The summed E-state index contributed by atoms with van der Waals surface area (Å²) in [6, 6.07) is 12.9. The molecule has 0 aliphatic carbocycles. The van der Waals surface area contributed by atoms with Crippen LogP contribution in [0.5, 0.6) is 0 Å². The molecule has 0 unspecified atom stereocenters. The van der Waals surface area contributed by atoms with Crippen molar-refractivity contribution in [2.45, 2.75) is 17.7 Å². The summed E-state index contributed by atoms with van der Waals surface area (Å²) in [4.78, 5) is 12.5. The van der Waals surface area contributed by atoms with E-state index in [-0.39, 0.29) is 10.8 Å². The summed E-state index contributed by atoms with van der Waals surface area (Å²) in [5.41, 5.74) is 7.17. The maximum atomic E-state index is 12.5. The van der Waals surface area contributed by atoms with Gasteiger partial charge in [-0.3, -0.25) is 4.79 Å².